The van der Waals surface area contributed by atoms with Gasteiger partial charge in [-0.3, -0.25) is 10.1 Å². The van der Waals surface area contributed by atoms with Crippen molar-refractivity contribution in [3.63, 3.8) is 0 Å². The summed E-state index contributed by atoms with van der Waals surface area (Å²) in [5.41, 5.74) is -0.244. The predicted octanol–water partition coefficient (Wildman–Crippen LogP) is 2.79. The summed E-state index contributed by atoms with van der Waals surface area (Å²) in [5.74, 6) is -1.19. The monoisotopic (exact) mass is 259 g/mol. The highest BCUT2D eigenvalue weighted by Crippen LogP contribution is 2.27. The molecule has 1 aromatic heterocycles. The number of non-ortho nitro benzene ring substituents is 1. The first kappa shape index (κ1) is 12.4. The quantitative estimate of drug-likeness (QED) is 0.624. The van der Waals surface area contributed by atoms with E-state index in [4.69, 9.17) is 10.00 Å². The van der Waals surface area contributed by atoms with E-state index in [0.717, 1.165) is 18.2 Å². The molecule has 0 aliphatic rings. The summed E-state index contributed by atoms with van der Waals surface area (Å²) >= 11 is 0. The number of nitro benzene ring substituents is 1. The van der Waals surface area contributed by atoms with E-state index in [1.807, 2.05) is 6.07 Å². The maximum absolute atomic E-state index is 13.6. The van der Waals surface area contributed by atoms with Crippen LogP contribution < -0.4 is 4.74 Å². The van der Waals surface area contributed by atoms with Crippen molar-refractivity contribution >= 4 is 5.69 Å². The Labute approximate surface area is 106 Å². The maximum Gasteiger partial charge on any atom is 0.272 e. The largest absolute Gasteiger partial charge is 0.435 e. The van der Waals surface area contributed by atoms with Gasteiger partial charge in [0.05, 0.1) is 11.0 Å². The van der Waals surface area contributed by atoms with Crippen molar-refractivity contribution in [2.75, 3.05) is 0 Å². The van der Waals surface area contributed by atoms with Gasteiger partial charge >= 0.3 is 0 Å². The average Bonchev–Trinajstić information content (AvgIpc) is 2.41. The lowest BCUT2D eigenvalue weighted by atomic mass is 10.3. The fourth-order valence-corrected chi connectivity index (χ4v) is 1.35. The molecule has 2 aromatic rings. The molecular weight excluding hydrogens is 253 g/mol. The van der Waals surface area contributed by atoms with E-state index in [-0.39, 0.29) is 22.9 Å². The minimum atomic E-state index is -0.899. The molecule has 1 aromatic carbocycles. The van der Waals surface area contributed by atoms with Crippen LogP contribution in [0.2, 0.25) is 0 Å². The molecule has 0 amide bonds. The molecule has 0 N–H and O–H groups in total. The van der Waals surface area contributed by atoms with Crippen LogP contribution in [0.4, 0.5) is 10.1 Å². The number of hydrogen-bond donors (Lipinski definition) is 0. The standard InChI is InChI=1S/C12H6FN3O3/c13-10-6-9(16(17)18)3-4-11(10)19-12-8(7-14)2-1-5-15-12/h1-6H. The second-order valence-electron chi connectivity index (χ2n) is 3.44. The van der Waals surface area contributed by atoms with E-state index in [9.17, 15) is 14.5 Å². The highest BCUT2D eigenvalue weighted by Gasteiger charge is 2.14. The molecule has 0 saturated carbocycles. The van der Waals surface area contributed by atoms with Gasteiger partial charge in [0.1, 0.15) is 11.6 Å². The van der Waals surface area contributed by atoms with Crippen LogP contribution in [-0.4, -0.2) is 9.91 Å². The molecule has 94 valence electrons. The number of nitro groups is 1. The van der Waals surface area contributed by atoms with Crippen LogP contribution in [-0.2, 0) is 0 Å². The Morgan fingerprint density at radius 2 is 2.21 bits per heavy atom. The van der Waals surface area contributed by atoms with Crippen LogP contribution in [0.25, 0.3) is 0 Å². The first-order valence-corrected chi connectivity index (χ1v) is 5.08. The Hall–Kier alpha value is -3.01. The van der Waals surface area contributed by atoms with Crippen molar-refractivity contribution in [2.24, 2.45) is 0 Å². The van der Waals surface area contributed by atoms with Crippen molar-refractivity contribution in [3.05, 3.63) is 58.0 Å². The van der Waals surface area contributed by atoms with Gasteiger partial charge in [-0.1, -0.05) is 0 Å². The SMILES string of the molecule is N#Cc1cccnc1Oc1ccc([N+](=O)[O-])cc1F. The van der Waals surface area contributed by atoms with Crippen molar-refractivity contribution in [2.45, 2.75) is 0 Å². The van der Waals surface area contributed by atoms with Crippen LogP contribution in [0.3, 0.4) is 0 Å². The summed E-state index contributed by atoms with van der Waals surface area (Å²) < 4.78 is 18.7. The number of halogens is 1. The molecule has 0 bridgehead atoms. The van der Waals surface area contributed by atoms with E-state index in [1.54, 1.807) is 0 Å². The topological polar surface area (TPSA) is 89.0 Å². The third-order valence-electron chi connectivity index (χ3n) is 2.22. The summed E-state index contributed by atoms with van der Waals surface area (Å²) in [4.78, 5) is 13.6. The van der Waals surface area contributed by atoms with Gasteiger partial charge in [-0.15, -0.1) is 0 Å². The van der Waals surface area contributed by atoms with E-state index in [0.29, 0.717) is 0 Å². The number of pyridine rings is 1. The molecule has 0 radical (unpaired) electrons. The average molecular weight is 259 g/mol. The molecule has 0 spiro atoms. The number of ether oxygens (including phenoxy) is 1. The minimum Gasteiger partial charge on any atom is -0.435 e. The lowest BCUT2D eigenvalue weighted by Gasteiger charge is -2.06. The second-order valence-corrected chi connectivity index (χ2v) is 3.44. The lowest BCUT2D eigenvalue weighted by molar-refractivity contribution is -0.385. The van der Waals surface area contributed by atoms with Gasteiger partial charge in [-0.05, 0) is 18.2 Å². The molecular formula is C12H6FN3O3. The number of nitrogens with zero attached hydrogens (tertiary/aromatic N) is 3. The van der Waals surface area contributed by atoms with Crippen LogP contribution in [0.15, 0.2) is 36.5 Å². The molecule has 0 atom stereocenters. The predicted molar refractivity (Wildman–Crippen MR) is 62.1 cm³/mol. The summed E-state index contributed by atoms with van der Waals surface area (Å²) in [6.45, 7) is 0. The summed E-state index contributed by atoms with van der Waals surface area (Å²) in [5, 5.41) is 19.3. The van der Waals surface area contributed by atoms with Gasteiger partial charge in [0.15, 0.2) is 11.6 Å². The van der Waals surface area contributed by atoms with Crippen molar-refractivity contribution < 1.29 is 14.1 Å². The van der Waals surface area contributed by atoms with Gasteiger partial charge in [0, 0.05) is 12.3 Å². The zero-order chi connectivity index (χ0) is 13.8. The van der Waals surface area contributed by atoms with Gasteiger partial charge in [0.25, 0.3) is 5.69 Å². The fourth-order valence-electron chi connectivity index (χ4n) is 1.35. The molecule has 6 nitrogen and oxygen atoms in total. The Morgan fingerprint density at radius 3 is 2.84 bits per heavy atom. The minimum absolute atomic E-state index is 0.0576. The van der Waals surface area contributed by atoms with Gasteiger partial charge in [0.2, 0.25) is 5.88 Å². The summed E-state index contributed by atoms with van der Waals surface area (Å²) in [7, 11) is 0. The van der Waals surface area contributed by atoms with E-state index in [2.05, 4.69) is 4.98 Å². The molecule has 0 unspecified atom stereocenters. The number of hydrogen-bond acceptors (Lipinski definition) is 5. The van der Waals surface area contributed by atoms with Crippen LogP contribution >= 0.6 is 0 Å². The van der Waals surface area contributed by atoms with Gasteiger partial charge in [-0.2, -0.15) is 5.26 Å². The smallest absolute Gasteiger partial charge is 0.272 e. The van der Waals surface area contributed by atoms with Crippen molar-refractivity contribution in [1.29, 1.82) is 5.26 Å². The Bertz CT molecular complexity index is 682. The Kier molecular flexibility index (Phi) is 3.34. The molecule has 2 rings (SSSR count). The highest BCUT2D eigenvalue weighted by atomic mass is 19.1. The van der Waals surface area contributed by atoms with Gasteiger partial charge < -0.3 is 4.74 Å². The molecule has 19 heavy (non-hydrogen) atoms. The normalized spacial score (nSPS) is 9.68. The Morgan fingerprint density at radius 1 is 1.42 bits per heavy atom. The third kappa shape index (κ3) is 2.63. The molecule has 7 heteroatoms. The van der Waals surface area contributed by atoms with E-state index >= 15 is 0 Å². The van der Waals surface area contributed by atoms with E-state index < -0.39 is 10.7 Å². The zero-order valence-electron chi connectivity index (χ0n) is 9.41. The first-order chi connectivity index (χ1) is 9.11. The Balaban J connectivity index is 2.34. The number of benzene rings is 1. The molecule has 0 fully saturated rings. The number of nitriles is 1. The molecule has 0 aliphatic carbocycles. The molecule has 0 aliphatic heterocycles. The molecule has 0 saturated heterocycles. The van der Waals surface area contributed by atoms with Crippen molar-refractivity contribution in [1.82, 2.24) is 4.98 Å². The summed E-state index contributed by atoms with van der Waals surface area (Å²) in [6, 6.07) is 7.81. The first-order valence-electron chi connectivity index (χ1n) is 5.08. The number of aromatic nitrogens is 1. The van der Waals surface area contributed by atoms with Crippen LogP contribution in [0.5, 0.6) is 11.6 Å². The zero-order valence-corrected chi connectivity index (χ0v) is 9.41. The fraction of sp³-hybridized carbons (Fsp3) is 0. The second kappa shape index (κ2) is 5.10. The highest BCUT2D eigenvalue weighted by molar-refractivity contribution is 5.43. The lowest BCUT2D eigenvalue weighted by Crippen LogP contribution is -1.95. The van der Waals surface area contributed by atoms with Gasteiger partial charge in [-0.25, -0.2) is 9.37 Å². The van der Waals surface area contributed by atoms with Crippen molar-refractivity contribution in [3.8, 4) is 17.7 Å². The molecule has 1 heterocycles. The third-order valence-corrected chi connectivity index (χ3v) is 2.22. The van der Waals surface area contributed by atoms with Crippen LogP contribution in [0, 0.1) is 27.3 Å². The van der Waals surface area contributed by atoms with E-state index in [1.165, 1.54) is 18.3 Å². The maximum atomic E-state index is 13.6. The summed E-state index contributed by atoms with van der Waals surface area (Å²) in [6.07, 6.45) is 1.39. The van der Waals surface area contributed by atoms with Crippen LogP contribution in [0.1, 0.15) is 5.56 Å². The number of rotatable bonds is 3.